The Kier molecular flexibility index (Phi) is 12.5. The van der Waals surface area contributed by atoms with Crippen LogP contribution in [0.1, 0.15) is 116 Å². The number of aryl methyl sites for hydroxylation is 1. The maximum absolute atomic E-state index is 6.01. The SMILES string of the molecule is CCCCCCCCCc1cnc(-c2ccc(OCCCC3CCC(CCC)CC3)cc2)nc1. The van der Waals surface area contributed by atoms with Crippen LogP contribution in [0.2, 0.25) is 0 Å². The van der Waals surface area contributed by atoms with Crippen molar-refractivity contribution in [2.45, 2.75) is 117 Å². The van der Waals surface area contributed by atoms with Crippen LogP contribution in [0.3, 0.4) is 0 Å². The molecular formula is C31H48N2O. The Balaban J connectivity index is 1.31. The minimum Gasteiger partial charge on any atom is -0.494 e. The largest absolute Gasteiger partial charge is 0.494 e. The molecule has 3 nitrogen and oxygen atoms in total. The molecule has 0 atom stereocenters. The summed E-state index contributed by atoms with van der Waals surface area (Å²) in [5.74, 6) is 3.67. The highest BCUT2D eigenvalue weighted by Crippen LogP contribution is 2.33. The molecule has 0 saturated heterocycles. The first-order valence-corrected chi connectivity index (χ1v) is 14.3. The van der Waals surface area contributed by atoms with Crippen LogP contribution in [0.4, 0.5) is 0 Å². The third-order valence-corrected chi connectivity index (χ3v) is 7.58. The predicted molar refractivity (Wildman–Crippen MR) is 144 cm³/mol. The molecule has 1 fully saturated rings. The molecule has 1 heterocycles. The number of benzene rings is 1. The minimum absolute atomic E-state index is 0.800. The van der Waals surface area contributed by atoms with E-state index in [0.717, 1.165) is 48.4 Å². The Morgan fingerprint density at radius 1 is 0.706 bits per heavy atom. The maximum Gasteiger partial charge on any atom is 0.159 e. The van der Waals surface area contributed by atoms with Crippen LogP contribution in [0.5, 0.6) is 5.75 Å². The van der Waals surface area contributed by atoms with Crippen LogP contribution in [0.15, 0.2) is 36.7 Å². The molecule has 0 unspecified atom stereocenters. The molecule has 34 heavy (non-hydrogen) atoms. The summed E-state index contributed by atoms with van der Waals surface area (Å²) in [7, 11) is 0. The second kappa shape index (κ2) is 15.9. The highest BCUT2D eigenvalue weighted by Gasteiger charge is 2.20. The van der Waals surface area contributed by atoms with Gasteiger partial charge in [-0.05, 0) is 67.3 Å². The van der Waals surface area contributed by atoms with Crippen molar-refractivity contribution >= 4 is 0 Å². The lowest BCUT2D eigenvalue weighted by atomic mass is 9.78. The zero-order valence-electron chi connectivity index (χ0n) is 21.9. The first kappa shape index (κ1) is 26.7. The molecule has 3 rings (SSSR count). The first-order chi connectivity index (χ1) is 16.8. The van der Waals surface area contributed by atoms with E-state index in [4.69, 9.17) is 4.74 Å². The van der Waals surface area contributed by atoms with Gasteiger partial charge in [-0.1, -0.05) is 90.9 Å². The van der Waals surface area contributed by atoms with E-state index in [-0.39, 0.29) is 0 Å². The fourth-order valence-corrected chi connectivity index (χ4v) is 5.40. The van der Waals surface area contributed by atoms with E-state index in [9.17, 15) is 0 Å². The average Bonchev–Trinajstić information content (AvgIpc) is 2.88. The average molecular weight is 465 g/mol. The third kappa shape index (κ3) is 9.76. The lowest BCUT2D eigenvalue weighted by Crippen LogP contribution is -2.15. The number of hydrogen-bond acceptors (Lipinski definition) is 3. The summed E-state index contributed by atoms with van der Waals surface area (Å²) in [6.07, 6.45) is 25.5. The Bertz CT molecular complexity index is 763. The molecule has 0 N–H and O–H groups in total. The van der Waals surface area contributed by atoms with Gasteiger partial charge in [-0.3, -0.25) is 0 Å². The highest BCUT2D eigenvalue weighted by molar-refractivity contribution is 5.55. The fourth-order valence-electron chi connectivity index (χ4n) is 5.40. The van der Waals surface area contributed by atoms with Crippen LogP contribution < -0.4 is 4.74 Å². The quantitative estimate of drug-likeness (QED) is 0.232. The number of ether oxygens (including phenoxy) is 1. The Morgan fingerprint density at radius 3 is 1.97 bits per heavy atom. The normalized spacial score (nSPS) is 18.2. The molecule has 0 radical (unpaired) electrons. The van der Waals surface area contributed by atoms with E-state index < -0.39 is 0 Å². The molecule has 1 saturated carbocycles. The van der Waals surface area contributed by atoms with Crippen molar-refractivity contribution in [2.24, 2.45) is 11.8 Å². The molecule has 0 bridgehead atoms. The van der Waals surface area contributed by atoms with Crippen LogP contribution in [0, 0.1) is 11.8 Å². The molecule has 1 aliphatic rings. The van der Waals surface area contributed by atoms with E-state index >= 15 is 0 Å². The maximum atomic E-state index is 6.01. The molecule has 3 heteroatoms. The van der Waals surface area contributed by atoms with Crippen molar-refractivity contribution in [1.82, 2.24) is 9.97 Å². The van der Waals surface area contributed by atoms with Crippen LogP contribution in [-0.4, -0.2) is 16.6 Å². The summed E-state index contributed by atoms with van der Waals surface area (Å²) in [6.45, 7) is 5.41. The molecule has 1 aromatic carbocycles. The Labute approximate surface area is 209 Å². The first-order valence-electron chi connectivity index (χ1n) is 14.3. The van der Waals surface area contributed by atoms with Gasteiger partial charge in [0.25, 0.3) is 0 Å². The van der Waals surface area contributed by atoms with Gasteiger partial charge in [0.15, 0.2) is 5.82 Å². The number of hydrogen-bond donors (Lipinski definition) is 0. The van der Waals surface area contributed by atoms with E-state index in [2.05, 4.69) is 48.1 Å². The highest BCUT2D eigenvalue weighted by atomic mass is 16.5. The monoisotopic (exact) mass is 464 g/mol. The Morgan fingerprint density at radius 2 is 1.32 bits per heavy atom. The van der Waals surface area contributed by atoms with Crippen molar-refractivity contribution in [3.8, 4) is 17.1 Å². The summed E-state index contributed by atoms with van der Waals surface area (Å²) < 4.78 is 6.01. The molecular weight excluding hydrogens is 416 g/mol. The van der Waals surface area contributed by atoms with Crippen molar-refractivity contribution in [3.05, 3.63) is 42.2 Å². The summed E-state index contributed by atoms with van der Waals surface area (Å²) in [6, 6.07) is 8.27. The van der Waals surface area contributed by atoms with Gasteiger partial charge < -0.3 is 4.74 Å². The van der Waals surface area contributed by atoms with Gasteiger partial charge in [0, 0.05) is 18.0 Å². The zero-order chi connectivity index (χ0) is 23.8. The van der Waals surface area contributed by atoms with Gasteiger partial charge in [-0.15, -0.1) is 0 Å². The second-order valence-corrected chi connectivity index (χ2v) is 10.5. The summed E-state index contributed by atoms with van der Waals surface area (Å²) >= 11 is 0. The van der Waals surface area contributed by atoms with Gasteiger partial charge >= 0.3 is 0 Å². The van der Waals surface area contributed by atoms with Crippen molar-refractivity contribution in [1.29, 1.82) is 0 Å². The molecule has 2 aromatic rings. The van der Waals surface area contributed by atoms with Gasteiger partial charge in [0.05, 0.1) is 6.61 Å². The molecule has 1 aromatic heterocycles. The zero-order valence-corrected chi connectivity index (χ0v) is 21.9. The van der Waals surface area contributed by atoms with E-state index in [0.29, 0.717) is 0 Å². The number of aromatic nitrogens is 2. The lowest BCUT2D eigenvalue weighted by molar-refractivity contribution is 0.230. The van der Waals surface area contributed by atoms with E-state index in [1.807, 2.05) is 12.4 Å². The molecule has 0 amide bonds. The van der Waals surface area contributed by atoms with E-state index in [1.54, 1.807) is 0 Å². The van der Waals surface area contributed by atoms with Crippen LogP contribution >= 0.6 is 0 Å². The summed E-state index contributed by atoms with van der Waals surface area (Å²) in [5, 5.41) is 0. The standard InChI is InChI=1S/C31H48N2O/c1-3-5-6-7-8-9-10-13-28-24-32-31(33-25-28)29-19-21-30(22-20-29)34-23-11-14-27-17-15-26(12-4-2)16-18-27/h19-22,24-27H,3-18,23H2,1-2H3. The van der Waals surface area contributed by atoms with Gasteiger partial charge in [-0.25, -0.2) is 9.97 Å². The molecule has 0 aliphatic heterocycles. The number of rotatable bonds is 16. The van der Waals surface area contributed by atoms with Crippen LogP contribution in [-0.2, 0) is 6.42 Å². The lowest BCUT2D eigenvalue weighted by Gasteiger charge is -2.28. The van der Waals surface area contributed by atoms with E-state index in [1.165, 1.54) is 95.5 Å². The molecule has 1 aliphatic carbocycles. The van der Waals surface area contributed by atoms with Crippen LogP contribution in [0.25, 0.3) is 11.4 Å². The van der Waals surface area contributed by atoms with Crippen molar-refractivity contribution in [3.63, 3.8) is 0 Å². The predicted octanol–water partition coefficient (Wildman–Crippen LogP) is 9.20. The Hall–Kier alpha value is -1.90. The van der Waals surface area contributed by atoms with Gasteiger partial charge in [0.1, 0.15) is 5.75 Å². The fraction of sp³-hybridized carbons (Fsp3) is 0.677. The topological polar surface area (TPSA) is 35.0 Å². The molecule has 188 valence electrons. The third-order valence-electron chi connectivity index (χ3n) is 7.58. The molecule has 0 spiro atoms. The summed E-state index contributed by atoms with van der Waals surface area (Å²) in [4.78, 5) is 9.22. The smallest absolute Gasteiger partial charge is 0.159 e. The van der Waals surface area contributed by atoms with Gasteiger partial charge in [-0.2, -0.15) is 0 Å². The summed E-state index contributed by atoms with van der Waals surface area (Å²) in [5.41, 5.74) is 2.30. The second-order valence-electron chi connectivity index (χ2n) is 10.5. The number of nitrogens with zero attached hydrogens (tertiary/aromatic N) is 2. The van der Waals surface area contributed by atoms with Gasteiger partial charge in [0.2, 0.25) is 0 Å². The van der Waals surface area contributed by atoms with Crippen molar-refractivity contribution < 1.29 is 4.74 Å². The minimum atomic E-state index is 0.800. The van der Waals surface area contributed by atoms with Crippen molar-refractivity contribution in [2.75, 3.05) is 6.61 Å². The number of unbranched alkanes of at least 4 members (excludes halogenated alkanes) is 6.